The number of hydrogen-bond acceptors (Lipinski definition) is 2. The number of rotatable bonds is 3. The molecule has 1 saturated heterocycles. The highest BCUT2D eigenvalue weighted by atomic mass is 16.4. The smallest absolute Gasteiger partial charge is 0.311 e. The minimum atomic E-state index is -0.797. The molecule has 1 aromatic carbocycles. The van der Waals surface area contributed by atoms with E-state index in [1.165, 1.54) is 11.1 Å². The molecule has 1 amide bonds. The number of carboxylic acids is 1. The van der Waals surface area contributed by atoms with Crippen LogP contribution in [-0.2, 0) is 22.4 Å². The molecular formula is C18H23NO3. The van der Waals surface area contributed by atoms with Gasteiger partial charge in [-0.05, 0) is 49.7 Å². The number of aryl methyl sites for hydroxylation is 1. The van der Waals surface area contributed by atoms with Crippen molar-refractivity contribution in [2.24, 2.45) is 11.3 Å². The summed E-state index contributed by atoms with van der Waals surface area (Å²) in [6.07, 6.45) is 4.16. The molecule has 1 aliphatic carbocycles. The van der Waals surface area contributed by atoms with E-state index in [9.17, 15) is 14.7 Å². The summed E-state index contributed by atoms with van der Waals surface area (Å²) in [5.74, 6) is -0.289. The molecule has 4 heteroatoms. The maximum atomic E-state index is 12.5. The zero-order valence-corrected chi connectivity index (χ0v) is 13.0. The standard InChI is InChI=1S/C18H23NO3/c1-18(17(21)22)8-9-19(12-18)16(20)11-13-6-7-14-4-2-3-5-15(14)10-13/h2-5,13H,6-12H2,1H3,(H,21,22)/t13-,18+/m1/s1. The fraction of sp³-hybridized carbons (Fsp3) is 0.556. The third-order valence-electron chi connectivity index (χ3n) is 5.25. The third kappa shape index (κ3) is 2.87. The van der Waals surface area contributed by atoms with Crippen molar-refractivity contribution in [3.8, 4) is 0 Å². The molecule has 0 bridgehead atoms. The van der Waals surface area contributed by atoms with E-state index in [4.69, 9.17) is 0 Å². The highest BCUT2D eigenvalue weighted by Gasteiger charge is 2.42. The van der Waals surface area contributed by atoms with Crippen LogP contribution in [-0.4, -0.2) is 35.0 Å². The van der Waals surface area contributed by atoms with Crippen LogP contribution in [0, 0.1) is 11.3 Å². The highest BCUT2D eigenvalue weighted by molar-refractivity contribution is 5.80. The number of carboxylic acid groups (broad SMARTS) is 1. The van der Waals surface area contributed by atoms with Gasteiger partial charge in [0.1, 0.15) is 0 Å². The van der Waals surface area contributed by atoms with Gasteiger partial charge in [0.2, 0.25) is 5.91 Å². The van der Waals surface area contributed by atoms with E-state index < -0.39 is 11.4 Å². The third-order valence-corrected chi connectivity index (χ3v) is 5.25. The molecule has 1 aromatic rings. The molecule has 1 N–H and O–H groups in total. The van der Waals surface area contributed by atoms with Crippen LogP contribution < -0.4 is 0 Å². The zero-order chi connectivity index (χ0) is 15.7. The van der Waals surface area contributed by atoms with Crippen molar-refractivity contribution in [3.05, 3.63) is 35.4 Å². The van der Waals surface area contributed by atoms with Crippen LogP contribution in [0.2, 0.25) is 0 Å². The van der Waals surface area contributed by atoms with Crippen molar-refractivity contribution in [3.63, 3.8) is 0 Å². The zero-order valence-electron chi connectivity index (χ0n) is 13.0. The molecule has 2 aliphatic rings. The second kappa shape index (κ2) is 5.75. The summed E-state index contributed by atoms with van der Waals surface area (Å²) in [4.78, 5) is 25.5. The van der Waals surface area contributed by atoms with Crippen LogP contribution in [0.1, 0.15) is 37.3 Å². The number of benzene rings is 1. The minimum Gasteiger partial charge on any atom is -0.481 e. The van der Waals surface area contributed by atoms with Gasteiger partial charge >= 0.3 is 5.97 Å². The summed E-state index contributed by atoms with van der Waals surface area (Å²) in [7, 11) is 0. The van der Waals surface area contributed by atoms with E-state index in [1.54, 1.807) is 11.8 Å². The van der Waals surface area contributed by atoms with Gasteiger partial charge < -0.3 is 10.0 Å². The van der Waals surface area contributed by atoms with Gasteiger partial charge in [-0.25, -0.2) is 0 Å². The van der Waals surface area contributed by atoms with Gasteiger partial charge in [-0.15, -0.1) is 0 Å². The second-order valence-electron chi connectivity index (χ2n) is 7.01. The maximum Gasteiger partial charge on any atom is 0.311 e. The van der Waals surface area contributed by atoms with E-state index in [0.29, 0.717) is 31.8 Å². The number of likely N-dealkylation sites (tertiary alicyclic amines) is 1. The van der Waals surface area contributed by atoms with E-state index in [2.05, 4.69) is 24.3 Å². The molecule has 0 unspecified atom stereocenters. The number of carbonyl (C=O) groups excluding carboxylic acids is 1. The highest BCUT2D eigenvalue weighted by Crippen LogP contribution is 2.32. The quantitative estimate of drug-likeness (QED) is 0.933. The Morgan fingerprint density at radius 2 is 2.05 bits per heavy atom. The van der Waals surface area contributed by atoms with E-state index in [1.807, 2.05) is 0 Å². The molecule has 2 atom stereocenters. The van der Waals surface area contributed by atoms with Crippen LogP contribution in [0.15, 0.2) is 24.3 Å². The number of carbonyl (C=O) groups is 2. The van der Waals surface area contributed by atoms with Crippen molar-refractivity contribution in [1.29, 1.82) is 0 Å². The minimum absolute atomic E-state index is 0.120. The average Bonchev–Trinajstić information content (AvgIpc) is 2.91. The molecule has 3 rings (SSSR count). The first kappa shape index (κ1) is 15.1. The van der Waals surface area contributed by atoms with Crippen LogP contribution in [0.3, 0.4) is 0 Å². The summed E-state index contributed by atoms with van der Waals surface area (Å²) in [6, 6.07) is 8.46. The second-order valence-corrected chi connectivity index (χ2v) is 7.01. The molecule has 1 heterocycles. The summed E-state index contributed by atoms with van der Waals surface area (Å²) < 4.78 is 0. The monoisotopic (exact) mass is 301 g/mol. The Kier molecular flexibility index (Phi) is 3.94. The van der Waals surface area contributed by atoms with Crippen LogP contribution in [0.4, 0.5) is 0 Å². The Morgan fingerprint density at radius 3 is 2.73 bits per heavy atom. The summed E-state index contributed by atoms with van der Waals surface area (Å²) in [5, 5.41) is 9.26. The van der Waals surface area contributed by atoms with Gasteiger partial charge in [0.25, 0.3) is 0 Å². The van der Waals surface area contributed by atoms with Crippen molar-refractivity contribution in [2.75, 3.05) is 13.1 Å². The Morgan fingerprint density at radius 1 is 1.32 bits per heavy atom. The predicted molar refractivity (Wildman–Crippen MR) is 83.5 cm³/mol. The Hall–Kier alpha value is -1.84. The fourth-order valence-electron chi connectivity index (χ4n) is 3.67. The molecule has 4 nitrogen and oxygen atoms in total. The van der Waals surface area contributed by atoms with Crippen molar-refractivity contribution in [1.82, 2.24) is 4.90 Å². The Balaban J connectivity index is 1.59. The number of aliphatic carboxylic acids is 1. The van der Waals surface area contributed by atoms with Crippen LogP contribution in [0.5, 0.6) is 0 Å². The van der Waals surface area contributed by atoms with Gasteiger partial charge in [-0.1, -0.05) is 24.3 Å². The molecule has 1 fully saturated rings. The molecule has 0 aromatic heterocycles. The lowest BCUT2D eigenvalue weighted by Gasteiger charge is -2.26. The van der Waals surface area contributed by atoms with E-state index in [-0.39, 0.29) is 5.91 Å². The van der Waals surface area contributed by atoms with Gasteiger partial charge in [0, 0.05) is 19.5 Å². The molecule has 118 valence electrons. The first-order valence-corrected chi connectivity index (χ1v) is 8.06. The van der Waals surface area contributed by atoms with Gasteiger partial charge in [0.05, 0.1) is 5.41 Å². The fourth-order valence-corrected chi connectivity index (χ4v) is 3.67. The molecular weight excluding hydrogens is 278 g/mol. The normalized spacial score (nSPS) is 27.5. The summed E-state index contributed by atoms with van der Waals surface area (Å²) >= 11 is 0. The molecule has 0 radical (unpaired) electrons. The van der Waals surface area contributed by atoms with Crippen molar-refractivity contribution < 1.29 is 14.7 Å². The predicted octanol–water partition coefficient (Wildman–Crippen LogP) is 2.50. The first-order valence-electron chi connectivity index (χ1n) is 8.06. The SMILES string of the molecule is C[C@]1(C(=O)O)CCN(C(=O)C[C@@H]2CCc3ccccc3C2)C1. The van der Waals surface area contributed by atoms with Gasteiger partial charge in [-0.2, -0.15) is 0 Å². The average molecular weight is 301 g/mol. The number of hydrogen-bond donors (Lipinski definition) is 1. The van der Waals surface area contributed by atoms with Gasteiger partial charge in [-0.3, -0.25) is 9.59 Å². The van der Waals surface area contributed by atoms with E-state index in [0.717, 1.165) is 19.3 Å². The lowest BCUT2D eigenvalue weighted by molar-refractivity contribution is -0.147. The Bertz CT molecular complexity index is 598. The summed E-state index contributed by atoms with van der Waals surface area (Å²) in [5.41, 5.74) is 2.00. The lowest BCUT2D eigenvalue weighted by Crippen LogP contribution is -2.36. The number of fused-ring (bicyclic) bond motifs is 1. The number of nitrogens with zero attached hydrogens (tertiary/aromatic N) is 1. The molecule has 1 aliphatic heterocycles. The number of amides is 1. The lowest BCUT2D eigenvalue weighted by atomic mass is 9.82. The van der Waals surface area contributed by atoms with Crippen LogP contribution >= 0.6 is 0 Å². The van der Waals surface area contributed by atoms with Crippen LogP contribution in [0.25, 0.3) is 0 Å². The summed E-state index contributed by atoms with van der Waals surface area (Å²) in [6.45, 7) is 2.66. The van der Waals surface area contributed by atoms with Gasteiger partial charge in [0.15, 0.2) is 0 Å². The molecule has 0 saturated carbocycles. The van der Waals surface area contributed by atoms with Crippen molar-refractivity contribution >= 4 is 11.9 Å². The first-order chi connectivity index (χ1) is 10.5. The Labute approximate surface area is 131 Å². The van der Waals surface area contributed by atoms with E-state index >= 15 is 0 Å². The van der Waals surface area contributed by atoms with Crippen molar-refractivity contribution in [2.45, 2.75) is 39.0 Å². The largest absolute Gasteiger partial charge is 0.481 e. The maximum absolute atomic E-state index is 12.5. The topological polar surface area (TPSA) is 57.6 Å². The molecule has 22 heavy (non-hydrogen) atoms. The molecule has 0 spiro atoms.